The van der Waals surface area contributed by atoms with E-state index in [0.29, 0.717) is 17.5 Å². The number of nitrogens with zero attached hydrogens (tertiary/aromatic N) is 4. The fourth-order valence-corrected chi connectivity index (χ4v) is 10.1. The molecule has 6 heteroatoms. The van der Waals surface area contributed by atoms with Crippen molar-refractivity contribution in [1.82, 2.24) is 19.5 Å². The van der Waals surface area contributed by atoms with E-state index in [-0.39, 0.29) is 0 Å². The Morgan fingerprint density at radius 1 is 0.313 bits per heavy atom. The second-order valence-corrected chi connectivity index (χ2v) is 17.1. The quantitative estimate of drug-likeness (QED) is 0.167. The molecule has 14 rings (SSSR count). The molecular formula is C61H36N4O2. The van der Waals surface area contributed by atoms with Gasteiger partial charge in [-0.1, -0.05) is 158 Å². The molecule has 0 amide bonds. The van der Waals surface area contributed by atoms with Gasteiger partial charge in [0.15, 0.2) is 17.5 Å². The number of furan rings is 2. The average molecular weight is 857 g/mol. The second-order valence-electron chi connectivity index (χ2n) is 17.1. The first kappa shape index (κ1) is 37.3. The summed E-state index contributed by atoms with van der Waals surface area (Å²) in [6, 6.07) is 76.5. The lowest BCUT2D eigenvalue weighted by atomic mass is 9.98. The molecule has 14 aromatic rings. The van der Waals surface area contributed by atoms with Crippen molar-refractivity contribution in [2.24, 2.45) is 0 Å². The largest absolute Gasteiger partial charge is 0.456 e. The third kappa shape index (κ3) is 6.00. The van der Waals surface area contributed by atoms with E-state index in [0.717, 1.165) is 99.4 Å². The van der Waals surface area contributed by atoms with Crippen molar-refractivity contribution in [1.29, 1.82) is 0 Å². The Kier molecular flexibility index (Phi) is 8.18. The lowest BCUT2D eigenvalue weighted by Crippen LogP contribution is -2.01. The van der Waals surface area contributed by atoms with Gasteiger partial charge in [0.25, 0.3) is 0 Å². The van der Waals surface area contributed by atoms with Crippen LogP contribution in [-0.4, -0.2) is 19.5 Å². The van der Waals surface area contributed by atoms with E-state index in [2.05, 4.69) is 168 Å². The Morgan fingerprint density at radius 2 is 0.910 bits per heavy atom. The number of hydrogen-bond acceptors (Lipinski definition) is 5. The van der Waals surface area contributed by atoms with Crippen LogP contribution in [0.25, 0.3) is 139 Å². The van der Waals surface area contributed by atoms with Gasteiger partial charge in [0.1, 0.15) is 22.3 Å². The summed E-state index contributed by atoms with van der Waals surface area (Å²) in [6.07, 6.45) is 0. The predicted molar refractivity (Wildman–Crippen MR) is 273 cm³/mol. The van der Waals surface area contributed by atoms with E-state index in [1.165, 1.54) is 21.7 Å². The van der Waals surface area contributed by atoms with E-state index in [1.54, 1.807) is 0 Å². The van der Waals surface area contributed by atoms with Gasteiger partial charge in [-0.2, -0.15) is 0 Å². The monoisotopic (exact) mass is 856 g/mol. The number of fused-ring (bicyclic) bond motifs is 11. The maximum atomic E-state index is 6.47. The number of rotatable bonds is 6. The van der Waals surface area contributed by atoms with Crippen molar-refractivity contribution in [2.45, 2.75) is 0 Å². The van der Waals surface area contributed by atoms with Crippen molar-refractivity contribution >= 4 is 76.5 Å². The zero-order valence-electron chi connectivity index (χ0n) is 35.9. The van der Waals surface area contributed by atoms with Crippen LogP contribution in [0.4, 0.5) is 0 Å². The Balaban J connectivity index is 0.985. The molecule has 0 bridgehead atoms. The highest BCUT2D eigenvalue weighted by molar-refractivity contribution is 6.20. The van der Waals surface area contributed by atoms with E-state index < -0.39 is 0 Å². The van der Waals surface area contributed by atoms with Crippen molar-refractivity contribution in [2.75, 3.05) is 0 Å². The van der Waals surface area contributed by atoms with Gasteiger partial charge in [-0.15, -0.1) is 0 Å². The molecular weight excluding hydrogens is 821 g/mol. The highest BCUT2D eigenvalue weighted by Gasteiger charge is 2.21. The van der Waals surface area contributed by atoms with Crippen LogP contribution in [-0.2, 0) is 0 Å². The third-order valence-electron chi connectivity index (χ3n) is 13.2. The molecule has 67 heavy (non-hydrogen) atoms. The lowest BCUT2D eigenvalue weighted by Gasteiger charge is -2.14. The highest BCUT2D eigenvalue weighted by atomic mass is 16.3. The third-order valence-corrected chi connectivity index (χ3v) is 13.2. The van der Waals surface area contributed by atoms with Crippen LogP contribution >= 0.6 is 0 Å². The van der Waals surface area contributed by atoms with Gasteiger partial charge in [-0.25, -0.2) is 15.0 Å². The maximum absolute atomic E-state index is 6.47. The minimum atomic E-state index is 0.569. The van der Waals surface area contributed by atoms with Crippen LogP contribution < -0.4 is 0 Å². The molecule has 0 atom stereocenters. The summed E-state index contributed by atoms with van der Waals surface area (Å²) >= 11 is 0. The van der Waals surface area contributed by atoms with E-state index in [9.17, 15) is 0 Å². The molecule has 4 aromatic heterocycles. The van der Waals surface area contributed by atoms with Gasteiger partial charge >= 0.3 is 0 Å². The smallest absolute Gasteiger partial charge is 0.164 e. The SMILES string of the molecule is c1ccc(-c2ccc3c(c2)c2cccc(-c4ccc5oc6ccc7ccccc7c6c5c4)c2n3-c2cccc(-c3nc(-c4ccccc4)nc(-c4ccc5c(c4)oc4ccccc45)n3)c2)cc1. The summed E-state index contributed by atoms with van der Waals surface area (Å²) in [7, 11) is 0. The summed E-state index contributed by atoms with van der Waals surface area (Å²) < 4.78 is 15.2. The predicted octanol–water partition coefficient (Wildman–Crippen LogP) is 16.3. The van der Waals surface area contributed by atoms with Crippen LogP contribution in [0, 0.1) is 0 Å². The molecule has 4 heterocycles. The van der Waals surface area contributed by atoms with Crippen LogP contribution in [0.1, 0.15) is 0 Å². The molecule has 0 saturated carbocycles. The Morgan fingerprint density at radius 3 is 1.76 bits per heavy atom. The number of aromatic nitrogens is 4. The molecule has 10 aromatic carbocycles. The minimum Gasteiger partial charge on any atom is -0.456 e. The normalized spacial score (nSPS) is 11.9. The second kappa shape index (κ2) is 14.7. The minimum absolute atomic E-state index is 0.569. The molecule has 0 aliphatic rings. The molecule has 0 fully saturated rings. The lowest BCUT2D eigenvalue weighted by molar-refractivity contribution is 0.668. The molecule has 0 unspecified atom stereocenters. The van der Waals surface area contributed by atoms with Gasteiger partial charge in [0, 0.05) is 60.3 Å². The van der Waals surface area contributed by atoms with Crippen LogP contribution in [0.3, 0.4) is 0 Å². The Labute approximate surface area is 383 Å². The van der Waals surface area contributed by atoms with Gasteiger partial charge in [0.2, 0.25) is 0 Å². The maximum Gasteiger partial charge on any atom is 0.164 e. The van der Waals surface area contributed by atoms with E-state index in [1.807, 2.05) is 54.6 Å². The van der Waals surface area contributed by atoms with E-state index in [4.69, 9.17) is 23.8 Å². The molecule has 0 radical (unpaired) electrons. The fourth-order valence-electron chi connectivity index (χ4n) is 10.1. The van der Waals surface area contributed by atoms with Crippen LogP contribution in [0.15, 0.2) is 227 Å². The standard InChI is InChI=1S/C61H36N4O2/c1-3-13-37(14-4-1)40-26-30-52-50(34-40)49-23-12-22-46(41-28-31-54-51(35-41)57-45-20-8-7-15-38(45)27-32-55(57)66-54)58(49)65(52)44-19-11-18-42(33-44)60-62-59(39-16-5-2-6-17-39)63-61(64-60)43-25-29-48-47-21-9-10-24-53(47)67-56(48)36-43/h1-36H. The molecule has 0 aliphatic carbocycles. The van der Waals surface area contributed by atoms with Crippen molar-refractivity contribution in [3.05, 3.63) is 218 Å². The summed E-state index contributed by atoms with van der Waals surface area (Å²) in [4.78, 5) is 15.4. The average Bonchev–Trinajstić information content (AvgIpc) is 4.08. The number of hydrogen-bond donors (Lipinski definition) is 0. The summed E-state index contributed by atoms with van der Waals surface area (Å²) in [5, 5.41) is 9.05. The van der Waals surface area contributed by atoms with E-state index >= 15 is 0 Å². The number of para-hydroxylation sites is 2. The summed E-state index contributed by atoms with van der Waals surface area (Å²) in [5.74, 6) is 1.74. The first-order chi connectivity index (χ1) is 33.2. The summed E-state index contributed by atoms with van der Waals surface area (Å²) in [6.45, 7) is 0. The Hall–Kier alpha value is -9.13. The molecule has 0 N–H and O–H groups in total. The van der Waals surface area contributed by atoms with Crippen molar-refractivity contribution in [3.63, 3.8) is 0 Å². The first-order valence-corrected chi connectivity index (χ1v) is 22.5. The first-order valence-electron chi connectivity index (χ1n) is 22.5. The fraction of sp³-hybridized carbons (Fsp3) is 0. The molecule has 0 spiro atoms. The topological polar surface area (TPSA) is 69.9 Å². The summed E-state index contributed by atoms with van der Waals surface area (Å²) in [5.41, 5.74) is 13.8. The van der Waals surface area contributed by atoms with Gasteiger partial charge in [0.05, 0.1) is 11.0 Å². The van der Waals surface area contributed by atoms with Crippen LogP contribution in [0.2, 0.25) is 0 Å². The zero-order chi connectivity index (χ0) is 44.0. The molecule has 0 aliphatic heterocycles. The molecule has 6 nitrogen and oxygen atoms in total. The number of benzene rings is 10. The van der Waals surface area contributed by atoms with Crippen molar-refractivity contribution < 1.29 is 8.83 Å². The molecule has 0 saturated heterocycles. The molecule has 312 valence electrons. The van der Waals surface area contributed by atoms with Crippen LogP contribution in [0.5, 0.6) is 0 Å². The van der Waals surface area contributed by atoms with Gasteiger partial charge in [-0.3, -0.25) is 0 Å². The van der Waals surface area contributed by atoms with Crippen molar-refractivity contribution in [3.8, 4) is 62.1 Å². The zero-order valence-corrected chi connectivity index (χ0v) is 35.9. The van der Waals surface area contributed by atoms with Gasteiger partial charge in [-0.05, 0) is 88.1 Å². The Bertz CT molecular complexity index is 4280. The highest BCUT2D eigenvalue weighted by Crippen LogP contribution is 2.43. The van der Waals surface area contributed by atoms with Gasteiger partial charge < -0.3 is 13.4 Å².